The van der Waals surface area contributed by atoms with Crippen LogP contribution >= 0.6 is 0 Å². The first kappa shape index (κ1) is 21.9. The molecule has 1 aliphatic rings. The van der Waals surface area contributed by atoms with E-state index in [9.17, 15) is 4.79 Å². The Hall–Kier alpha value is -2.82. The average Bonchev–Trinajstić information content (AvgIpc) is 2.94. The minimum atomic E-state index is -0.120. The predicted molar refractivity (Wildman–Crippen MR) is 120 cm³/mol. The van der Waals surface area contributed by atoms with Crippen molar-refractivity contribution >= 4 is 11.6 Å². The summed E-state index contributed by atoms with van der Waals surface area (Å²) in [6, 6.07) is 9.85. The van der Waals surface area contributed by atoms with Gasteiger partial charge in [0.2, 0.25) is 5.91 Å². The summed E-state index contributed by atoms with van der Waals surface area (Å²) in [5.74, 6) is 2.05. The van der Waals surface area contributed by atoms with Crippen LogP contribution in [-0.2, 0) is 4.79 Å². The lowest BCUT2D eigenvalue weighted by atomic mass is 9.93. The molecule has 160 valence electrons. The summed E-state index contributed by atoms with van der Waals surface area (Å²) in [6.45, 7) is 10.1. The van der Waals surface area contributed by atoms with E-state index in [4.69, 9.17) is 14.5 Å². The molecule has 1 aliphatic carbocycles. The first-order valence-electron chi connectivity index (χ1n) is 10.8. The van der Waals surface area contributed by atoms with E-state index >= 15 is 0 Å². The lowest BCUT2D eigenvalue weighted by molar-refractivity contribution is -0.117. The molecule has 1 saturated carbocycles. The molecule has 3 rings (SSSR count). The number of pyridine rings is 1. The molecule has 5 nitrogen and oxygen atoms in total. The number of carbonyl (C=O) groups is 1. The molecular weight excluding hydrogens is 376 g/mol. The van der Waals surface area contributed by atoms with E-state index in [0.29, 0.717) is 18.2 Å². The number of benzene rings is 1. The van der Waals surface area contributed by atoms with Crippen LogP contribution in [0.25, 0.3) is 5.70 Å². The zero-order valence-corrected chi connectivity index (χ0v) is 18.2. The number of nitrogens with zero attached hydrogens (tertiary/aromatic N) is 1. The van der Waals surface area contributed by atoms with Gasteiger partial charge in [0.1, 0.15) is 11.5 Å². The molecule has 0 spiro atoms. The molecule has 1 aromatic heterocycles. The Bertz CT molecular complexity index is 876. The van der Waals surface area contributed by atoms with E-state index in [2.05, 4.69) is 24.9 Å². The fourth-order valence-electron chi connectivity index (χ4n) is 4.10. The second kappa shape index (κ2) is 10.3. The van der Waals surface area contributed by atoms with Crippen molar-refractivity contribution in [2.24, 2.45) is 0 Å². The van der Waals surface area contributed by atoms with Crippen LogP contribution in [0.15, 0.2) is 43.1 Å². The molecule has 1 fully saturated rings. The van der Waals surface area contributed by atoms with Gasteiger partial charge in [0, 0.05) is 24.2 Å². The number of aromatic nitrogens is 1. The number of rotatable bonds is 7. The van der Waals surface area contributed by atoms with Gasteiger partial charge in [-0.15, -0.1) is 0 Å². The summed E-state index contributed by atoms with van der Waals surface area (Å²) in [4.78, 5) is 15.9. The number of nitrogens with one attached hydrogen (secondary N) is 1. The molecule has 0 radical (unpaired) electrons. The smallest absolute Gasteiger partial charge is 0.221 e. The lowest BCUT2D eigenvalue weighted by Crippen LogP contribution is -2.17. The molecule has 2 unspecified atom stereocenters. The van der Waals surface area contributed by atoms with Crippen LogP contribution in [0.2, 0.25) is 0 Å². The molecule has 0 bridgehead atoms. The zero-order chi connectivity index (χ0) is 21.5. The van der Waals surface area contributed by atoms with Crippen molar-refractivity contribution in [3.05, 3.63) is 59.9 Å². The summed E-state index contributed by atoms with van der Waals surface area (Å²) < 4.78 is 11.8. The molecule has 1 aromatic carbocycles. The van der Waals surface area contributed by atoms with Crippen molar-refractivity contribution in [2.75, 3.05) is 6.61 Å². The van der Waals surface area contributed by atoms with E-state index in [0.717, 1.165) is 49.2 Å². The molecule has 1 amide bonds. The Morgan fingerprint density at radius 2 is 1.93 bits per heavy atom. The normalized spacial score (nSPS) is 18.9. The maximum atomic E-state index is 11.2. The van der Waals surface area contributed by atoms with Crippen LogP contribution < -0.4 is 14.8 Å². The molecule has 1 heterocycles. The van der Waals surface area contributed by atoms with Crippen molar-refractivity contribution in [1.82, 2.24) is 10.3 Å². The molecule has 0 aliphatic heterocycles. The van der Waals surface area contributed by atoms with Crippen LogP contribution in [-0.4, -0.2) is 23.6 Å². The van der Waals surface area contributed by atoms with E-state index in [1.807, 2.05) is 37.4 Å². The second-order valence-electron chi connectivity index (χ2n) is 7.94. The minimum Gasteiger partial charge on any atom is -0.492 e. The van der Waals surface area contributed by atoms with Crippen LogP contribution in [0.3, 0.4) is 0 Å². The van der Waals surface area contributed by atoms with Gasteiger partial charge in [-0.05, 0) is 87.4 Å². The summed E-state index contributed by atoms with van der Waals surface area (Å²) in [5, 5.41) is 2.72. The highest BCUT2D eigenvalue weighted by atomic mass is 16.5. The van der Waals surface area contributed by atoms with Gasteiger partial charge in [0.15, 0.2) is 0 Å². The summed E-state index contributed by atoms with van der Waals surface area (Å²) in [5.41, 5.74) is 3.89. The largest absolute Gasteiger partial charge is 0.492 e. The maximum Gasteiger partial charge on any atom is 0.221 e. The number of hydrogen-bond donors (Lipinski definition) is 1. The number of hydrogen-bond acceptors (Lipinski definition) is 4. The van der Waals surface area contributed by atoms with E-state index in [1.54, 1.807) is 0 Å². The van der Waals surface area contributed by atoms with E-state index in [1.165, 1.54) is 18.2 Å². The van der Waals surface area contributed by atoms with Crippen LogP contribution in [0, 0.1) is 6.92 Å². The van der Waals surface area contributed by atoms with Gasteiger partial charge >= 0.3 is 0 Å². The van der Waals surface area contributed by atoms with E-state index < -0.39 is 0 Å². The molecule has 0 saturated heterocycles. The molecule has 2 atom stereocenters. The van der Waals surface area contributed by atoms with Gasteiger partial charge in [-0.1, -0.05) is 6.58 Å². The molecule has 1 N–H and O–H groups in total. The summed E-state index contributed by atoms with van der Waals surface area (Å²) in [7, 11) is 0. The van der Waals surface area contributed by atoms with Crippen molar-refractivity contribution in [1.29, 1.82) is 0 Å². The first-order valence-corrected chi connectivity index (χ1v) is 10.8. The summed E-state index contributed by atoms with van der Waals surface area (Å²) >= 11 is 0. The number of amides is 1. The van der Waals surface area contributed by atoms with Gasteiger partial charge in [0.25, 0.3) is 0 Å². The number of carbonyl (C=O) groups excluding carboxylic acids is 1. The number of aryl methyl sites for hydroxylation is 1. The Labute approximate surface area is 179 Å². The van der Waals surface area contributed by atoms with Crippen LogP contribution in [0.5, 0.6) is 11.5 Å². The first-order chi connectivity index (χ1) is 14.5. The predicted octanol–water partition coefficient (Wildman–Crippen LogP) is 5.39. The van der Waals surface area contributed by atoms with Crippen molar-refractivity contribution in [3.8, 4) is 11.5 Å². The summed E-state index contributed by atoms with van der Waals surface area (Å²) in [6.07, 6.45) is 7.46. The standard InChI is InChI=1S/C25H32N2O3/c1-5-29-24-15-17(2)25(26-16-24)21-7-6-8-22(14-11-21)30-23-12-9-20(10-13-23)18(3)27-19(4)28/h9-10,12-13,15-16,21-22H,3,5-8,11,14H2,1-2,4H3,(H,27,28). The quantitative estimate of drug-likeness (QED) is 0.624. The van der Waals surface area contributed by atoms with Gasteiger partial charge in [-0.25, -0.2) is 0 Å². The lowest BCUT2D eigenvalue weighted by Gasteiger charge is -2.19. The fraction of sp³-hybridized carbons (Fsp3) is 0.440. The highest BCUT2D eigenvalue weighted by Crippen LogP contribution is 2.34. The van der Waals surface area contributed by atoms with Gasteiger partial charge in [-0.3, -0.25) is 9.78 Å². The highest BCUT2D eigenvalue weighted by molar-refractivity contribution is 5.84. The average molecular weight is 409 g/mol. The maximum absolute atomic E-state index is 11.2. The van der Waals surface area contributed by atoms with Crippen LogP contribution in [0.1, 0.15) is 68.7 Å². The zero-order valence-electron chi connectivity index (χ0n) is 18.2. The second-order valence-corrected chi connectivity index (χ2v) is 7.94. The Morgan fingerprint density at radius 3 is 2.60 bits per heavy atom. The van der Waals surface area contributed by atoms with Crippen molar-refractivity contribution in [3.63, 3.8) is 0 Å². The SMILES string of the molecule is C=C(NC(C)=O)c1ccc(OC2CCCC(c3ncc(OCC)cc3C)CC2)cc1. The monoisotopic (exact) mass is 408 g/mol. The molecule has 30 heavy (non-hydrogen) atoms. The highest BCUT2D eigenvalue weighted by Gasteiger charge is 2.23. The molecule has 2 aromatic rings. The van der Waals surface area contributed by atoms with Gasteiger partial charge in [0.05, 0.1) is 18.9 Å². The third-order valence-electron chi connectivity index (χ3n) is 5.54. The third-order valence-corrected chi connectivity index (χ3v) is 5.54. The van der Waals surface area contributed by atoms with Gasteiger partial charge < -0.3 is 14.8 Å². The minimum absolute atomic E-state index is 0.120. The topological polar surface area (TPSA) is 60.5 Å². The van der Waals surface area contributed by atoms with E-state index in [-0.39, 0.29) is 12.0 Å². The Kier molecular flexibility index (Phi) is 7.50. The van der Waals surface area contributed by atoms with Crippen molar-refractivity contribution in [2.45, 2.75) is 64.9 Å². The Morgan fingerprint density at radius 1 is 1.17 bits per heavy atom. The fourth-order valence-corrected chi connectivity index (χ4v) is 4.10. The molecular formula is C25H32N2O3. The third kappa shape index (κ3) is 5.85. The molecule has 5 heteroatoms. The Balaban J connectivity index is 1.58. The van der Waals surface area contributed by atoms with Gasteiger partial charge in [-0.2, -0.15) is 0 Å². The van der Waals surface area contributed by atoms with Crippen molar-refractivity contribution < 1.29 is 14.3 Å². The van der Waals surface area contributed by atoms with Crippen LogP contribution in [0.4, 0.5) is 0 Å². The number of ether oxygens (including phenoxy) is 2.